The van der Waals surface area contributed by atoms with Crippen molar-refractivity contribution in [1.82, 2.24) is 4.90 Å². The Kier molecular flexibility index (Phi) is 4.54. The molecule has 0 aliphatic heterocycles. The molecule has 1 aromatic rings. The van der Waals surface area contributed by atoms with Gasteiger partial charge in [-0.25, -0.2) is 0 Å². The largest absolute Gasteiger partial charge is 0.300 e. The van der Waals surface area contributed by atoms with Crippen molar-refractivity contribution in [3.05, 3.63) is 35.9 Å². The molecular weight excluding hydrogens is 222 g/mol. The van der Waals surface area contributed by atoms with Crippen LogP contribution in [0, 0.1) is 0 Å². The first-order valence-electron chi connectivity index (χ1n) is 6.98. The molecule has 0 aromatic heterocycles. The molecule has 0 bridgehead atoms. The van der Waals surface area contributed by atoms with Crippen molar-refractivity contribution in [2.24, 2.45) is 0 Å². The Morgan fingerprint density at radius 2 is 1.78 bits per heavy atom. The zero-order valence-electron chi connectivity index (χ0n) is 11.4. The Hall–Kier alpha value is -1.15. The first kappa shape index (κ1) is 13.3. The monoisotopic (exact) mass is 245 g/mol. The molecule has 0 spiro atoms. The molecule has 0 heterocycles. The van der Waals surface area contributed by atoms with Crippen LogP contribution in [0.3, 0.4) is 0 Å². The van der Waals surface area contributed by atoms with Gasteiger partial charge in [0.15, 0.2) is 0 Å². The number of ketones is 1. The van der Waals surface area contributed by atoms with E-state index in [1.807, 2.05) is 0 Å². The Labute approximate surface area is 110 Å². The summed E-state index contributed by atoms with van der Waals surface area (Å²) in [5.74, 6) is 0.440. The second kappa shape index (κ2) is 6.14. The maximum atomic E-state index is 11.3. The van der Waals surface area contributed by atoms with Gasteiger partial charge in [0.2, 0.25) is 0 Å². The predicted octanol–water partition coefficient (Wildman–Crippen LogP) is 3.41. The van der Waals surface area contributed by atoms with Crippen LogP contribution in [0.25, 0.3) is 0 Å². The van der Waals surface area contributed by atoms with E-state index >= 15 is 0 Å². The number of hydrogen-bond acceptors (Lipinski definition) is 2. The normalized spacial score (nSPS) is 17.7. The predicted molar refractivity (Wildman–Crippen MR) is 74.4 cm³/mol. The maximum Gasteiger partial charge on any atom is 0.133 e. The molecule has 98 valence electrons. The highest BCUT2D eigenvalue weighted by atomic mass is 16.1. The molecule has 0 saturated heterocycles. The molecule has 2 rings (SSSR count). The smallest absolute Gasteiger partial charge is 0.133 e. The molecular formula is C16H23NO. The summed E-state index contributed by atoms with van der Waals surface area (Å²) in [7, 11) is 0. The molecule has 0 atom stereocenters. The molecule has 1 aliphatic carbocycles. The Bertz CT molecular complexity index is 375. The highest BCUT2D eigenvalue weighted by molar-refractivity contribution is 5.79. The van der Waals surface area contributed by atoms with Crippen LogP contribution < -0.4 is 0 Å². The number of hydrogen-bond donors (Lipinski definition) is 0. The topological polar surface area (TPSA) is 20.3 Å². The molecule has 1 saturated carbocycles. The van der Waals surface area contributed by atoms with Crippen molar-refractivity contribution in [2.75, 3.05) is 0 Å². The summed E-state index contributed by atoms with van der Waals surface area (Å²) in [5.41, 5.74) is 1.36. The van der Waals surface area contributed by atoms with E-state index in [1.54, 1.807) is 0 Å². The molecule has 0 unspecified atom stereocenters. The molecule has 0 radical (unpaired) electrons. The van der Waals surface area contributed by atoms with Gasteiger partial charge in [-0.05, 0) is 32.3 Å². The average molecular weight is 245 g/mol. The van der Waals surface area contributed by atoms with Gasteiger partial charge >= 0.3 is 0 Å². The minimum absolute atomic E-state index is 0.440. The Morgan fingerprint density at radius 3 is 2.33 bits per heavy atom. The van der Waals surface area contributed by atoms with E-state index in [1.165, 1.54) is 5.56 Å². The summed E-state index contributed by atoms with van der Waals surface area (Å²) in [6, 6.07) is 11.7. The standard InChI is InChI=1S/C16H23NO/c1-13(2)17(12-14-6-4-3-5-7-14)15-8-10-16(18)11-9-15/h3-7,13,15H,8-12H2,1-2H3. The van der Waals surface area contributed by atoms with Crippen LogP contribution in [-0.2, 0) is 11.3 Å². The summed E-state index contributed by atoms with van der Waals surface area (Å²) in [6.45, 7) is 5.50. The first-order chi connectivity index (χ1) is 8.66. The lowest BCUT2D eigenvalue weighted by atomic mass is 9.92. The third-order valence-electron chi connectivity index (χ3n) is 3.85. The lowest BCUT2D eigenvalue weighted by molar-refractivity contribution is -0.121. The Balaban J connectivity index is 2.02. The minimum atomic E-state index is 0.440. The van der Waals surface area contributed by atoms with Crippen molar-refractivity contribution in [3.63, 3.8) is 0 Å². The number of nitrogens with zero attached hydrogens (tertiary/aromatic N) is 1. The lowest BCUT2D eigenvalue weighted by Gasteiger charge is -2.37. The van der Waals surface area contributed by atoms with Crippen LogP contribution in [0.2, 0.25) is 0 Å². The first-order valence-corrected chi connectivity index (χ1v) is 6.98. The van der Waals surface area contributed by atoms with Crippen molar-refractivity contribution in [1.29, 1.82) is 0 Å². The third-order valence-corrected chi connectivity index (χ3v) is 3.85. The average Bonchev–Trinajstić information content (AvgIpc) is 2.38. The fourth-order valence-corrected chi connectivity index (χ4v) is 2.78. The van der Waals surface area contributed by atoms with Gasteiger partial charge in [0.05, 0.1) is 0 Å². The van der Waals surface area contributed by atoms with Gasteiger partial charge < -0.3 is 0 Å². The summed E-state index contributed by atoms with van der Waals surface area (Å²) in [4.78, 5) is 13.9. The van der Waals surface area contributed by atoms with E-state index in [0.717, 1.165) is 32.2 Å². The molecule has 1 fully saturated rings. The van der Waals surface area contributed by atoms with Gasteiger partial charge in [-0.2, -0.15) is 0 Å². The number of carbonyl (C=O) groups is 1. The summed E-state index contributed by atoms with van der Waals surface area (Å²) in [5, 5.41) is 0. The number of benzene rings is 1. The molecule has 1 aliphatic rings. The lowest BCUT2D eigenvalue weighted by Crippen LogP contribution is -2.42. The van der Waals surface area contributed by atoms with Gasteiger partial charge in [0.1, 0.15) is 5.78 Å². The van der Waals surface area contributed by atoms with Gasteiger partial charge in [0, 0.05) is 31.5 Å². The minimum Gasteiger partial charge on any atom is -0.300 e. The van der Waals surface area contributed by atoms with Gasteiger partial charge in [-0.1, -0.05) is 30.3 Å². The second-order valence-electron chi connectivity index (χ2n) is 5.52. The van der Waals surface area contributed by atoms with Crippen molar-refractivity contribution < 1.29 is 4.79 Å². The van der Waals surface area contributed by atoms with Crippen LogP contribution in [0.15, 0.2) is 30.3 Å². The van der Waals surface area contributed by atoms with Crippen LogP contribution in [0.1, 0.15) is 45.1 Å². The fourth-order valence-electron chi connectivity index (χ4n) is 2.78. The zero-order chi connectivity index (χ0) is 13.0. The number of rotatable bonds is 4. The highest BCUT2D eigenvalue weighted by Crippen LogP contribution is 2.24. The van der Waals surface area contributed by atoms with Crippen molar-refractivity contribution in [2.45, 2.75) is 58.2 Å². The van der Waals surface area contributed by atoms with Crippen LogP contribution in [0.5, 0.6) is 0 Å². The molecule has 0 amide bonds. The zero-order valence-corrected chi connectivity index (χ0v) is 11.4. The fraction of sp³-hybridized carbons (Fsp3) is 0.562. The SMILES string of the molecule is CC(C)N(Cc1ccccc1)C1CCC(=O)CC1. The summed E-state index contributed by atoms with van der Waals surface area (Å²) >= 11 is 0. The second-order valence-corrected chi connectivity index (χ2v) is 5.52. The molecule has 1 aromatic carbocycles. The van der Waals surface area contributed by atoms with E-state index in [-0.39, 0.29) is 0 Å². The number of carbonyl (C=O) groups excluding carboxylic acids is 1. The van der Waals surface area contributed by atoms with Crippen molar-refractivity contribution in [3.8, 4) is 0 Å². The molecule has 2 heteroatoms. The van der Waals surface area contributed by atoms with E-state index < -0.39 is 0 Å². The summed E-state index contributed by atoms with van der Waals surface area (Å²) < 4.78 is 0. The Morgan fingerprint density at radius 1 is 1.17 bits per heavy atom. The van der Waals surface area contributed by atoms with E-state index in [9.17, 15) is 4.79 Å². The molecule has 0 N–H and O–H groups in total. The quantitative estimate of drug-likeness (QED) is 0.810. The molecule has 2 nitrogen and oxygen atoms in total. The van der Waals surface area contributed by atoms with Crippen molar-refractivity contribution >= 4 is 5.78 Å². The summed E-state index contributed by atoms with van der Waals surface area (Å²) in [6.07, 6.45) is 3.60. The van der Waals surface area contributed by atoms with E-state index in [4.69, 9.17) is 0 Å². The van der Waals surface area contributed by atoms with Crippen LogP contribution >= 0.6 is 0 Å². The van der Waals surface area contributed by atoms with Gasteiger partial charge in [-0.15, -0.1) is 0 Å². The number of Topliss-reactive ketones (excluding diaryl/α,β-unsaturated/α-hetero) is 1. The van der Waals surface area contributed by atoms with Gasteiger partial charge in [-0.3, -0.25) is 9.69 Å². The van der Waals surface area contributed by atoms with E-state index in [0.29, 0.717) is 17.9 Å². The van der Waals surface area contributed by atoms with Crippen LogP contribution in [-0.4, -0.2) is 22.8 Å². The highest BCUT2D eigenvalue weighted by Gasteiger charge is 2.26. The molecule has 18 heavy (non-hydrogen) atoms. The third kappa shape index (κ3) is 3.42. The van der Waals surface area contributed by atoms with Gasteiger partial charge in [0.25, 0.3) is 0 Å². The van der Waals surface area contributed by atoms with Crippen LogP contribution in [0.4, 0.5) is 0 Å². The maximum absolute atomic E-state index is 11.3. The van der Waals surface area contributed by atoms with E-state index in [2.05, 4.69) is 49.1 Å².